The maximum atomic E-state index is 12.5. The van der Waals surface area contributed by atoms with Crippen molar-refractivity contribution >= 4 is 18.7 Å². The van der Waals surface area contributed by atoms with Gasteiger partial charge in [-0.05, 0) is 25.8 Å². The third-order valence-corrected chi connectivity index (χ3v) is 6.59. The molecule has 0 aromatic rings. The van der Waals surface area contributed by atoms with Crippen LogP contribution in [0.25, 0.3) is 0 Å². The average Bonchev–Trinajstić information content (AvgIpc) is 2.14. The van der Waals surface area contributed by atoms with Crippen molar-refractivity contribution in [2.24, 2.45) is 0 Å². The summed E-state index contributed by atoms with van der Waals surface area (Å²) in [5.41, 5.74) is 1.05. The summed E-state index contributed by atoms with van der Waals surface area (Å²) in [6.45, 7) is 6.61. The van der Waals surface area contributed by atoms with E-state index in [-0.39, 0.29) is 6.10 Å². The molecule has 0 amide bonds. The zero-order chi connectivity index (χ0) is 11.5. The zero-order valence-electron chi connectivity index (χ0n) is 9.75. The van der Waals surface area contributed by atoms with Gasteiger partial charge in [0.25, 0.3) is 0 Å². The molecule has 0 radical (unpaired) electrons. The largest absolute Gasteiger partial charge is 0.372 e. The van der Waals surface area contributed by atoms with Crippen LogP contribution in [-0.4, -0.2) is 31.2 Å². The van der Waals surface area contributed by atoms with Crippen molar-refractivity contribution in [2.75, 3.05) is 25.1 Å². The van der Waals surface area contributed by atoms with Gasteiger partial charge in [0.1, 0.15) is 0 Å². The number of rotatable bonds is 4. The fourth-order valence-electron chi connectivity index (χ4n) is 2.13. The molecule has 1 rings (SSSR count). The van der Waals surface area contributed by atoms with Crippen LogP contribution in [0.1, 0.15) is 27.2 Å². The average molecular weight is 251 g/mol. The van der Waals surface area contributed by atoms with E-state index < -0.39 is 7.14 Å². The van der Waals surface area contributed by atoms with E-state index in [4.69, 9.17) is 16.3 Å². The van der Waals surface area contributed by atoms with Crippen LogP contribution in [0, 0.1) is 0 Å². The molecule has 0 aliphatic carbocycles. The number of allylic oxidation sites excluding steroid dienone is 1. The van der Waals surface area contributed by atoms with Crippen LogP contribution in [-0.2, 0) is 9.30 Å². The predicted molar refractivity (Wildman–Crippen MR) is 66.5 cm³/mol. The second-order valence-electron chi connectivity index (χ2n) is 4.19. The zero-order valence-corrected chi connectivity index (χ0v) is 11.4. The van der Waals surface area contributed by atoms with Gasteiger partial charge in [-0.3, -0.25) is 0 Å². The van der Waals surface area contributed by atoms with E-state index in [2.05, 4.69) is 6.92 Å². The molecule has 0 spiro atoms. The van der Waals surface area contributed by atoms with E-state index in [9.17, 15) is 4.57 Å². The lowest BCUT2D eigenvalue weighted by Gasteiger charge is -2.30. The highest BCUT2D eigenvalue weighted by Crippen LogP contribution is 2.53. The summed E-state index contributed by atoms with van der Waals surface area (Å²) in [7, 11) is -2.06. The Labute approximate surface area is 97.4 Å². The standard InChI is InChI=1S/C11H20ClO2P/c1-4-6-15(13)7-9(3)11(12)10(8-15)14-5-2/h10H,4-8H2,1-3H3/t10-,15-/m0/s1. The molecule has 0 saturated carbocycles. The Hall–Kier alpha value is 0.220. The van der Waals surface area contributed by atoms with Gasteiger partial charge in [-0.1, -0.05) is 18.5 Å². The summed E-state index contributed by atoms with van der Waals surface area (Å²) in [5.74, 6) is 0. The SMILES string of the molecule is CCC[P@]1(=O)CC(C)=C(Cl)[C@@H](OCC)C1. The van der Waals surface area contributed by atoms with Gasteiger partial charge in [0.2, 0.25) is 0 Å². The number of halogens is 1. The first-order valence-electron chi connectivity index (χ1n) is 5.56. The molecule has 4 heteroatoms. The molecule has 0 unspecified atom stereocenters. The van der Waals surface area contributed by atoms with Crippen molar-refractivity contribution in [3.05, 3.63) is 10.6 Å². The van der Waals surface area contributed by atoms with Gasteiger partial charge in [0.05, 0.1) is 13.2 Å². The Kier molecular flexibility index (Phi) is 4.89. The molecular formula is C11H20ClO2P. The van der Waals surface area contributed by atoms with Crippen molar-refractivity contribution in [2.45, 2.75) is 33.3 Å². The monoisotopic (exact) mass is 250 g/mol. The smallest absolute Gasteiger partial charge is 0.0997 e. The van der Waals surface area contributed by atoms with E-state index in [1.54, 1.807) is 0 Å². The second-order valence-corrected chi connectivity index (χ2v) is 7.85. The van der Waals surface area contributed by atoms with Crippen LogP contribution in [0.2, 0.25) is 0 Å². The first-order valence-corrected chi connectivity index (χ1v) is 8.20. The van der Waals surface area contributed by atoms with Gasteiger partial charge in [0.15, 0.2) is 0 Å². The Balaban J connectivity index is 2.84. The fraction of sp³-hybridized carbons (Fsp3) is 0.818. The van der Waals surface area contributed by atoms with E-state index in [0.717, 1.165) is 23.2 Å². The first-order chi connectivity index (χ1) is 7.02. The number of hydrogen-bond donors (Lipinski definition) is 0. The molecule has 1 heterocycles. The number of hydrogen-bond acceptors (Lipinski definition) is 2. The van der Waals surface area contributed by atoms with Crippen molar-refractivity contribution in [3.8, 4) is 0 Å². The summed E-state index contributed by atoms with van der Waals surface area (Å²) in [6.07, 6.45) is 2.98. The van der Waals surface area contributed by atoms with Gasteiger partial charge in [-0.2, -0.15) is 0 Å². The van der Waals surface area contributed by atoms with Crippen molar-refractivity contribution in [1.82, 2.24) is 0 Å². The summed E-state index contributed by atoms with van der Waals surface area (Å²) in [6, 6.07) is 0. The lowest BCUT2D eigenvalue weighted by molar-refractivity contribution is 0.106. The minimum Gasteiger partial charge on any atom is -0.372 e. The van der Waals surface area contributed by atoms with E-state index in [1.165, 1.54) is 0 Å². The fourth-order valence-corrected chi connectivity index (χ4v) is 5.75. The van der Waals surface area contributed by atoms with Gasteiger partial charge in [-0.25, -0.2) is 0 Å². The molecule has 0 fully saturated rings. The van der Waals surface area contributed by atoms with Crippen LogP contribution in [0.3, 0.4) is 0 Å². The highest BCUT2D eigenvalue weighted by atomic mass is 35.5. The van der Waals surface area contributed by atoms with Crippen LogP contribution < -0.4 is 0 Å². The minimum absolute atomic E-state index is 0.122. The van der Waals surface area contributed by atoms with Gasteiger partial charge < -0.3 is 9.30 Å². The molecule has 0 saturated heterocycles. The van der Waals surface area contributed by atoms with Gasteiger partial charge in [-0.15, -0.1) is 0 Å². The maximum absolute atomic E-state index is 12.5. The Morgan fingerprint density at radius 3 is 2.73 bits per heavy atom. The van der Waals surface area contributed by atoms with Crippen molar-refractivity contribution < 1.29 is 9.30 Å². The van der Waals surface area contributed by atoms with Crippen LogP contribution in [0.15, 0.2) is 10.6 Å². The van der Waals surface area contributed by atoms with E-state index >= 15 is 0 Å². The normalized spacial score (nSPS) is 32.1. The summed E-state index contributed by atoms with van der Waals surface area (Å²) < 4.78 is 18.0. The molecular weight excluding hydrogens is 231 g/mol. The highest BCUT2D eigenvalue weighted by molar-refractivity contribution is 7.64. The number of ether oxygens (including phenoxy) is 1. The summed E-state index contributed by atoms with van der Waals surface area (Å²) >= 11 is 6.17. The maximum Gasteiger partial charge on any atom is 0.0997 e. The lowest BCUT2D eigenvalue weighted by atomic mass is 10.2. The van der Waals surface area contributed by atoms with Crippen LogP contribution >= 0.6 is 18.7 Å². The van der Waals surface area contributed by atoms with Gasteiger partial charge in [0, 0.05) is 30.1 Å². The second kappa shape index (κ2) is 5.52. The molecule has 1 aliphatic rings. The quantitative estimate of drug-likeness (QED) is 0.712. The predicted octanol–water partition coefficient (Wildman–Crippen LogP) is 3.69. The third kappa shape index (κ3) is 3.34. The van der Waals surface area contributed by atoms with E-state index in [1.807, 2.05) is 13.8 Å². The molecule has 15 heavy (non-hydrogen) atoms. The van der Waals surface area contributed by atoms with Crippen molar-refractivity contribution in [3.63, 3.8) is 0 Å². The Morgan fingerprint density at radius 1 is 1.53 bits per heavy atom. The lowest BCUT2D eigenvalue weighted by Crippen LogP contribution is -2.25. The van der Waals surface area contributed by atoms with Gasteiger partial charge >= 0.3 is 0 Å². The Morgan fingerprint density at radius 2 is 2.20 bits per heavy atom. The third-order valence-electron chi connectivity index (χ3n) is 2.71. The molecule has 0 aromatic heterocycles. The van der Waals surface area contributed by atoms with Crippen LogP contribution in [0.4, 0.5) is 0 Å². The molecule has 0 aromatic carbocycles. The molecule has 1 aliphatic heterocycles. The highest BCUT2D eigenvalue weighted by Gasteiger charge is 2.34. The Bertz CT molecular complexity index is 299. The summed E-state index contributed by atoms with van der Waals surface area (Å²) in [5, 5.41) is 0.777. The molecule has 0 bridgehead atoms. The molecule has 88 valence electrons. The first kappa shape index (κ1) is 13.3. The summed E-state index contributed by atoms with van der Waals surface area (Å²) in [4.78, 5) is 0. The molecule has 2 atom stereocenters. The minimum atomic E-state index is -2.06. The van der Waals surface area contributed by atoms with E-state index in [0.29, 0.717) is 18.9 Å². The topological polar surface area (TPSA) is 26.3 Å². The van der Waals surface area contributed by atoms with Crippen LogP contribution in [0.5, 0.6) is 0 Å². The molecule has 0 N–H and O–H groups in total. The molecule has 2 nitrogen and oxygen atoms in total. The van der Waals surface area contributed by atoms with Crippen molar-refractivity contribution in [1.29, 1.82) is 0 Å².